The molecule has 0 aliphatic carbocycles. The zero-order valence-electron chi connectivity index (χ0n) is 9.18. The van der Waals surface area contributed by atoms with Crippen LogP contribution in [0.3, 0.4) is 0 Å². The van der Waals surface area contributed by atoms with Crippen molar-refractivity contribution in [1.29, 1.82) is 0 Å². The monoisotopic (exact) mass is 259 g/mol. The van der Waals surface area contributed by atoms with E-state index in [4.69, 9.17) is 0 Å². The van der Waals surface area contributed by atoms with Gasteiger partial charge in [0.25, 0.3) is 5.91 Å². The zero-order chi connectivity index (χ0) is 12.4. The van der Waals surface area contributed by atoms with Crippen LogP contribution in [0, 0.1) is 0 Å². The van der Waals surface area contributed by atoms with E-state index in [1.165, 1.54) is 0 Å². The predicted molar refractivity (Wildman–Crippen MR) is 68.4 cm³/mol. The van der Waals surface area contributed by atoms with Crippen LogP contribution in [0.15, 0.2) is 35.8 Å². The number of carbonyl (C=O) groups excluding carboxylic acids is 1. The van der Waals surface area contributed by atoms with Crippen molar-refractivity contribution in [1.82, 2.24) is 20.4 Å². The summed E-state index contributed by atoms with van der Waals surface area (Å²) in [5.74, 6) is 0.263. The average molecular weight is 259 g/mol. The van der Waals surface area contributed by atoms with Crippen molar-refractivity contribution in [2.75, 3.05) is 5.32 Å². The molecule has 0 spiro atoms. The summed E-state index contributed by atoms with van der Waals surface area (Å²) in [4.78, 5) is 12.9. The number of amides is 1. The Morgan fingerprint density at radius 2 is 2.28 bits per heavy atom. The van der Waals surface area contributed by atoms with Gasteiger partial charge in [-0.3, -0.25) is 15.0 Å². The number of rotatable bonds is 3. The minimum atomic E-state index is -0.279. The van der Waals surface area contributed by atoms with Crippen molar-refractivity contribution >= 4 is 23.1 Å². The van der Waals surface area contributed by atoms with Crippen molar-refractivity contribution in [3.05, 3.63) is 41.5 Å². The van der Waals surface area contributed by atoms with E-state index in [1.54, 1.807) is 29.7 Å². The molecule has 0 fully saturated rings. The van der Waals surface area contributed by atoms with Gasteiger partial charge in [0.05, 0.1) is 16.8 Å². The molecule has 7 heteroatoms. The lowest BCUT2D eigenvalue weighted by molar-refractivity contribution is 0.102. The number of hydrogen-bond donors (Lipinski definition) is 3. The molecule has 0 aliphatic rings. The Balaban J connectivity index is 1.79. The third-order valence-corrected chi connectivity index (χ3v) is 3.25. The SMILES string of the molecule is O=C(Nc1ccn[nH]1)c1cc(-c2cccs2)[nH]n1. The lowest BCUT2D eigenvalue weighted by Gasteiger charge is -1.97. The van der Waals surface area contributed by atoms with Crippen LogP contribution in [0.4, 0.5) is 5.82 Å². The van der Waals surface area contributed by atoms with Crippen LogP contribution < -0.4 is 5.32 Å². The summed E-state index contributed by atoms with van der Waals surface area (Å²) in [5, 5.41) is 17.9. The van der Waals surface area contributed by atoms with Crippen LogP contribution in [0.2, 0.25) is 0 Å². The molecule has 0 unspecified atom stereocenters. The van der Waals surface area contributed by atoms with E-state index in [1.807, 2.05) is 17.5 Å². The van der Waals surface area contributed by atoms with Gasteiger partial charge in [0, 0.05) is 6.07 Å². The number of carbonyl (C=O) groups is 1. The zero-order valence-corrected chi connectivity index (χ0v) is 9.99. The fourth-order valence-electron chi connectivity index (χ4n) is 1.51. The van der Waals surface area contributed by atoms with Gasteiger partial charge in [0.1, 0.15) is 5.82 Å². The summed E-state index contributed by atoms with van der Waals surface area (Å²) in [6.45, 7) is 0. The van der Waals surface area contributed by atoms with Crippen LogP contribution >= 0.6 is 11.3 Å². The summed E-state index contributed by atoms with van der Waals surface area (Å²) in [5.41, 5.74) is 1.17. The lowest BCUT2D eigenvalue weighted by atomic mass is 10.3. The maximum atomic E-state index is 11.9. The molecule has 6 nitrogen and oxygen atoms in total. The van der Waals surface area contributed by atoms with E-state index >= 15 is 0 Å². The van der Waals surface area contributed by atoms with Gasteiger partial charge in [-0.25, -0.2) is 0 Å². The number of hydrogen-bond acceptors (Lipinski definition) is 4. The second kappa shape index (κ2) is 4.46. The highest BCUT2D eigenvalue weighted by molar-refractivity contribution is 7.13. The van der Waals surface area contributed by atoms with Gasteiger partial charge in [0.15, 0.2) is 5.69 Å². The normalized spacial score (nSPS) is 10.4. The van der Waals surface area contributed by atoms with Gasteiger partial charge < -0.3 is 5.32 Å². The molecule has 0 aliphatic heterocycles. The quantitative estimate of drug-likeness (QED) is 0.673. The molecule has 1 amide bonds. The average Bonchev–Trinajstić information content (AvgIpc) is 3.11. The van der Waals surface area contributed by atoms with Crippen LogP contribution in [-0.4, -0.2) is 26.3 Å². The highest BCUT2D eigenvalue weighted by Crippen LogP contribution is 2.23. The summed E-state index contributed by atoms with van der Waals surface area (Å²) < 4.78 is 0. The third kappa shape index (κ3) is 2.03. The summed E-state index contributed by atoms with van der Waals surface area (Å²) in [6.07, 6.45) is 1.57. The molecule has 3 aromatic heterocycles. The number of aromatic amines is 2. The van der Waals surface area contributed by atoms with Crippen LogP contribution in [0.5, 0.6) is 0 Å². The molecule has 0 saturated carbocycles. The van der Waals surface area contributed by atoms with E-state index < -0.39 is 0 Å². The Morgan fingerprint density at radius 3 is 3.00 bits per heavy atom. The molecule has 0 bridgehead atoms. The molecule has 3 rings (SSSR count). The predicted octanol–water partition coefficient (Wildman–Crippen LogP) is 2.11. The first-order valence-corrected chi connectivity index (χ1v) is 6.11. The van der Waals surface area contributed by atoms with Crippen LogP contribution in [-0.2, 0) is 0 Å². The van der Waals surface area contributed by atoms with Gasteiger partial charge in [-0.2, -0.15) is 10.2 Å². The number of anilines is 1. The topological polar surface area (TPSA) is 86.5 Å². The Bertz CT molecular complexity index is 641. The fourth-order valence-corrected chi connectivity index (χ4v) is 2.20. The Labute approximate surface area is 106 Å². The minimum absolute atomic E-state index is 0.279. The van der Waals surface area contributed by atoms with Gasteiger partial charge in [-0.1, -0.05) is 6.07 Å². The Kier molecular flexibility index (Phi) is 2.66. The van der Waals surface area contributed by atoms with Gasteiger partial charge in [-0.15, -0.1) is 11.3 Å². The first kappa shape index (κ1) is 10.7. The van der Waals surface area contributed by atoms with Crippen molar-refractivity contribution < 1.29 is 4.79 Å². The number of thiophene rings is 1. The highest BCUT2D eigenvalue weighted by atomic mass is 32.1. The largest absolute Gasteiger partial charge is 0.306 e. The van der Waals surface area contributed by atoms with Gasteiger partial charge in [-0.05, 0) is 17.5 Å². The summed E-state index contributed by atoms with van der Waals surface area (Å²) in [6, 6.07) is 7.31. The molecular formula is C11H9N5OS. The van der Waals surface area contributed by atoms with E-state index in [9.17, 15) is 4.79 Å². The van der Waals surface area contributed by atoms with E-state index in [0.717, 1.165) is 10.6 Å². The second-order valence-electron chi connectivity index (χ2n) is 3.57. The lowest BCUT2D eigenvalue weighted by Crippen LogP contribution is -2.12. The smallest absolute Gasteiger partial charge is 0.277 e. The van der Waals surface area contributed by atoms with Crippen molar-refractivity contribution in [2.24, 2.45) is 0 Å². The second-order valence-corrected chi connectivity index (χ2v) is 4.52. The highest BCUT2D eigenvalue weighted by Gasteiger charge is 2.12. The maximum absolute atomic E-state index is 11.9. The van der Waals surface area contributed by atoms with Crippen LogP contribution in [0.1, 0.15) is 10.5 Å². The molecule has 0 atom stereocenters. The van der Waals surface area contributed by atoms with E-state index in [-0.39, 0.29) is 5.91 Å². The molecule has 0 aromatic carbocycles. The fraction of sp³-hybridized carbons (Fsp3) is 0. The van der Waals surface area contributed by atoms with Crippen molar-refractivity contribution in [3.63, 3.8) is 0 Å². The molecule has 3 aromatic rings. The van der Waals surface area contributed by atoms with Crippen LogP contribution in [0.25, 0.3) is 10.6 Å². The molecule has 18 heavy (non-hydrogen) atoms. The first-order chi connectivity index (χ1) is 8.83. The molecule has 0 saturated heterocycles. The number of aromatic nitrogens is 4. The van der Waals surface area contributed by atoms with E-state index in [2.05, 4.69) is 25.7 Å². The van der Waals surface area contributed by atoms with E-state index in [0.29, 0.717) is 11.5 Å². The van der Waals surface area contributed by atoms with Crippen molar-refractivity contribution in [2.45, 2.75) is 0 Å². The molecular weight excluding hydrogens is 250 g/mol. The molecule has 3 N–H and O–H groups in total. The summed E-state index contributed by atoms with van der Waals surface area (Å²) >= 11 is 1.59. The standard InChI is InChI=1S/C11H9N5OS/c17-11(13-10-3-4-12-16-10)8-6-7(14-15-8)9-2-1-5-18-9/h1-6H,(H,14,15)(H2,12,13,16,17). The minimum Gasteiger partial charge on any atom is -0.306 e. The number of H-pyrrole nitrogens is 2. The Morgan fingerprint density at radius 1 is 1.33 bits per heavy atom. The molecule has 0 radical (unpaired) electrons. The van der Waals surface area contributed by atoms with Gasteiger partial charge >= 0.3 is 0 Å². The van der Waals surface area contributed by atoms with Gasteiger partial charge in [0.2, 0.25) is 0 Å². The Hall–Kier alpha value is -2.41. The number of nitrogens with zero attached hydrogens (tertiary/aromatic N) is 2. The number of nitrogens with one attached hydrogen (secondary N) is 3. The maximum Gasteiger partial charge on any atom is 0.277 e. The van der Waals surface area contributed by atoms with Crippen molar-refractivity contribution in [3.8, 4) is 10.6 Å². The molecule has 3 heterocycles. The third-order valence-electron chi connectivity index (χ3n) is 2.35. The first-order valence-electron chi connectivity index (χ1n) is 5.23. The summed E-state index contributed by atoms with van der Waals surface area (Å²) in [7, 11) is 0. The molecule has 90 valence electrons.